The fourth-order valence-corrected chi connectivity index (χ4v) is 4.67. The summed E-state index contributed by atoms with van der Waals surface area (Å²) in [6.45, 7) is 0.563. The van der Waals surface area contributed by atoms with Gasteiger partial charge in [-0.3, -0.25) is 4.79 Å². The van der Waals surface area contributed by atoms with Gasteiger partial charge in [0.2, 0.25) is 0 Å². The molecule has 148 valence electrons. The van der Waals surface area contributed by atoms with E-state index in [-0.39, 0.29) is 11.6 Å². The Balaban J connectivity index is 1.45. The quantitative estimate of drug-likeness (QED) is 0.439. The molecule has 5 rings (SSSR count). The van der Waals surface area contributed by atoms with Crippen molar-refractivity contribution in [1.29, 1.82) is 0 Å². The Labute approximate surface area is 177 Å². The molecule has 0 saturated heterocycles. The lowest BCUT2D eigenvalue weighted by Gasteiger charge is -2.16. The lowest BCUT2D eigenvalue weighted by atomic mass is 9.99. The van der Waals surface area contributed by atoms with Gasteiger partial charge in [-0.15, -0.1) is 11.3 Å². The first-order chi connectivity index (χ1) is 14.8. The third-order valence-corrected chi connectivity index (χ3v) is 6.02. The topological polar surface area (TPSA) is 75.5 Å². The predicted molar refractivity (Wildman–Crippen MR) is 118 cm³/mol. The van der Waals surface area contributed by atoms with Crippen molar-refractivity contribution >= 4 is 21.6 Å². The molecule has 30 heavy (non-hydrogen) atoms. The first-order valence-corrected chi connectivity index (χ1v) is 10.6. The van der Waals surface area contributed by atoms with Crippen LogP contribution in [0.3, 0.4) is 0 Å². The van der Waals surface area contributed by atoms with E-state index in [9.17, 15) is 4.79 Å². The fraction of sp³-hybridized carbons (Fsp3) is 0.0833. The van der Waals surface area contributed by atoms with Crippen LogP contribution in [0.15, 0.2) is 93.7 Å². The number of H-pyrrole nitrogens is 1. The van der Waals surface area contributed by atoms with Gasteiger partial charge in [0.05, 0.1) is 11.6 Å². The van der Waals surface area contributed by atoms with Gasteiger partial charge in [-0.25, -0.2) is 4.98 Å². The first-order valence-electron chi connectivity index (χ1n) is 9.77. The Hall–Kier alpha value is -3.48. The number of fused-ring (bicyclic) bond motifs is 1. The second kappa shape index (κ2) is 8.10. The molecule has 0 atom stereocenters. The first kappa shape index (κ1) is 18.5. The normalized spacial score (nSPS) is 11.4. The Morgan fingerprint density at radius 3 is 2.30 bits per heavy atom. The van der Waals surface area contributed by atoms with E-state index >= 15 is 0 Å². The molecule has 0 bridgehead atoms. The summed E-state index contributed by atoms with van der Waals surface area (Å²) in [5.41, 5.74) is 3.08. The van der Waals surface area contributed by atoms with Crippen molar-refractivity contribution < 1.29 is 9.73 Å². The molecule has 0 saturated carbocycles. The molecule has 0 fully saturated rings. The number of benzene rings is 2. The maximum absolute atomic E-state index is 12.8. The number of aromatic amines is 1. The summed E-state index contributed by atoms with van der Waals surface area (Å²) in [5, 5.41) is 4.72. The minimum absolute atomic E-state index is 0.121. The molecule has 0 aliphatic carbocycles. The van der Waals surface area contributed by atoms with Gasteiger partial charge in [0.15, 0.2) is 5.82 Å². The van der Waals surface area contributed by atoms with Crippen LogP contribution in [0.1, 0.15) is 23.0 Å². The van der Waals surface area contributed by atoms with E-state index in [1.807, 2.05) is 53.9 Å². The molecule has 0 aliphatic rings. The molecule has 0 spiro atoms. The van der Waals surface area contributed by atoms with E-state index in [0.29, 0.717) is 23.5 Å². The SMILES string of the molecule is O=c1[nH]c(C[NH2+]C(c2ccccc2)c2ccccc2)nc2scc(-c3ccco3)c12. The van der Waals surface area contributed by atoms with Crippen LogP contribution in [0.4, 0.5) is 0 Å². The van der Waals surface area contributed by atoms with Crippen molar-refractivity contribution in [3.63, 3.8) is 0 Å². The smallest absolute Gasteiger partial charge is 0.260 e. The summed E-state index contributed by atoms with van der Waals surface area (Å²) >= 11 is 1.46. The maximum atomic E-state index is 12.8. The van der Waals surface area contributed by atoms with Crippen molar-refractivity contribution in [3.8, 4) is 11.3 Å². The van der Waals surface area contributed by atoms with Crippen molar-refractivity contribution in [2.75, 3.05) is 0 Å². The molecular weight excluding hydrogens is 394 g/mol. The van der Waals surface area contributed by atoms with E-state index < -0.39 is 0 Å². The third-order valence-electron chi connectivity index (χ3n) is 5.14. The highest BCUT2D eigenvalue weighted by molar-refractivity contribution is 7.17. The van der Waals surface area contributed by atoms with Crippen LogP contribution in [-0.2, 0) is 6.54 Å². The van der Waals surface area contributed by atoms with Gasteiger partial charge in [0.25, 0.3) is 5.56 Å². The molecule has 0 unspecified atom stereocenters. The number of aromatic nitrogens is 2. The number of furan rings is 1. The molecule has 0 amide bonds. The van der Waals surface area contributed by atoms with Crippen LogP contribution in [0.5, 0.6) is 0 Å². The van der Waals surface area contributed by atoms with E-state index in [0.717, 1.165) is 10.4 Å². The lowest BCUT2D eigenvalue weighted by molar-refractivity contribution is -0.703. The number of quaternary nitrogens is 1. The van der Waals surface area contributed by atoms with Gasteiger partial charge in [-0.2, -0.15) is 0 Å². The van der Waals surface area contributed by atoms with Crippen LogP contribution in [0.25, 0.3) is 21.5 Å². The molecule has 5 nitrogen and oxygen atoms in total. The van der Waals surface area contributed by atoms with Gasteiger partial charge in [-0.05, 0) is 12.1 Å². The zero-order valence-electron chi connectivity index (χ0n) is 16.1. The fourth-order valence-electron chi connectivity index (χ4n) is 3.72. The lowest BCUT2D eigenvalue weighted by Crippen LogP contribution is -2.84. The molecule has 6 heteroatoms. The van der Waals surface area contributed by atoms with Crippen LogP contribution in [-0.4, -0.2) is 9.97 Å². The van der Waals surface area contributed by atoms with Gasteiger partial charge in [0, 0.05) is 22.1 Å². The number of nitrogens with zero attached hydrogens (tertiary/aromatic N) is 1. The predicted octanol–water partition coefficient (Wildman–Crippen LogP) is 4.10. The molecule has 2 aromatic carbocycles. The van der Waals surface area contributed by atoms with Gasteiger partial charge in [0.1, 0.15) is 23.2 Å². The standard InChI is InChI=1S/C24H19N3O2S/c28-23-21-18(19-12-7-13-29-19)15-30-24(21)27-20(26-23)14-25-22(16-8-3-1-4-9-16)17-10-5-2-6-11-17/h1-13,15,22,25H,14H2,(H,26,27,28)/p+1. The average molecular weight is 415 g/mol. The summed E-state index contributed by atoms with van der Waals surface area (Å²) in [4.78, 5) is 21.2. The Bertz CT molecular complexity index is 1270. The highest BCUT2D eigenvalue weighted by Gasteiger charge is 2.19. The second-order valence-electron chi connectivity index (χ2n) is 7.06. The summed E-state index contributed by atoms with van der Waals surface area (Å²) in [6.07, 6.45) is 1.61. The van der Waals surface area contributed by atoms with Crippen molar-refractivity contribution in [2.24, 2.45) is 0 Å². The second-order valence-corrected chi connectivity index (χ2v) is 7.92. The van der Waals surface area contributed by atoms with E-state index in [1.165, 1.54) is 22.5 Å². The summed E-state index contributed by atoms with van der Waals surface area (Å²) in [6, 6.07) is 24.5. The van der Waals surface area contributed by atoms with Crippen molar-refractivity contribution in [1.82, 2.24) is 9.97 Å². The number of hydrogen-bond acceptors (Lipinski definition) is 4. The van der Waals surface area contributed by atoms with E-state index in [1.54, 1.807) is 6.26 Å². The molecule has 3 aromatic heterocycles. The molecular formula is C24H20N3O2S+. The van der Waals surface area contributed by atoms with Crippen LogP contribution in [0.2, 0.25) is 0 Å². The number of nitrogens with one attached hydrogen (secondary N) is 1. The summed E-state index contributed by atoms with van der Waals surface area (Å²) in [7, 11) is 0. The van der Waals surface area contributed by atoms with Crippen LogP contribution >= 0.6 is 11.3 Å². The number of hydrogen-bond donors (Lipinski definition) is 2. The zero-order chi connectivity index (χ0) is 20.3. The molecule has 3 N–H and O–H groups in total. The molecule has 0 aliphatic heterocycles. The Morgan fingerprint density at radius 1 is 0.967 bits per heavy atom. The summed E-state index contributed by atoms with van der Waals surface area (Å²) in [5.74, 6) is 1.35. The van der Waals surface area contributed by atoms with Gasteiger partial charge in [-0.1, -0.05) is 60.7 Å². The number of nitrogens with two attached hydrogens (primary N) is 1. The number of rotatable bonds is 6. The highest BCUT2D eigenvalue weighted by atomic mass is 32.1. The molecule has 5 aromatic rings. The third kappa shape index (κ3) is 3.58. The largest absolute Gasteiger partial charge is 0.464 e. The van der Waals surface area contributed by atoms with Gasteiger partial charge >= 0.3 is 0 Å². The van der Waals surface area contributed by atoms with Crippen molar-refractivity contribution in [2.45, 2.75) is 12.6 Å². The maximum Gasteiger partial charge on any atom is 0.260 e. The highest BCUT2D eigenvalue weighted by Crippen LogP contribution is 2.30. The Kier molecular flexibility index (Phi) is 5.01. The van der Waals surface area contributed by atoms with Gasteiger partial charge < -0.3 is 14.7 Å². The Morgan fingerprint density at radius 2 is 1.67 bits per heavy atom. The van der Waals surface area contributed by atoms with E-state index in [4.69, 9.17) is 9.40 Å². The molecule has 3 heterocycles. The monoisotopic (exact) mass is 414 g/mol. The minimum Gasteiger partial charge on any atom is -0.464 e. The zero-order valence-corrected chi connectivity index (χ0v) is 16.9. The summed E-state index contributed by atoms with van der Waals surface area (Å²) < 4.78 is 5.47. The minimum atomic E-state index is -0.132. The van der Waals surface area contributed by atoms with Crippen molar-refractivity contribution in [3.05, 3.63) is 112 Å². The molecule has 0 radical (unpaired) electrons. The average Bonchev–Trinajstić information content (AvgIpc) is 3.45. The van der Waals surface area contributed by atoms with E-state index in [2.05, 4.69) is 34.6 Å². The van der Waals surface area contributed by atoms with Crippen LogP contribution < -0.4 is 10.9 Å². The van der Waals surface area contributed by atoms with Crippen LogP contribution in [0, 0.1) is 0 Å². The number of thiophene rings is 1.